The van der Waals surface area contributed by atoms with E-state index in [9.17, 15) is 14.4 Å². The molecule has 0 bridgehead atoms. The molecule has 3 fully saturated rings. The van der Waals surface area contributed by atoms with Gasteiger partial charge in [0, 0.05) is 25.4 Å². The Morgan fingerprint density at radius 1 is 1.17 bits per heavy atom. The van der Waals surface area contributed by atoms with E-state index < -0.39 is 5.41 Å². The molecule has 6 nitrogen and oxygen atoms in total. The highest BCUT2D eigenvalue weighted by molar-refractivity contribution is 7.18. The molecule has 1 aliphatic carbocycles. The first-order chi connectivity index (χ1) is 14.1. The number of para-hydroxylation sites is 1. The zero-order valence-corrected chi connectivity index (χ0v) is 17.2. The highest BCUT2D eigenvalue weighted by Crippen LogP contribution is 2.46. The van der Waals surface area contributed by atoms with Crippen molar-refractivity contribution in [3.05, 3.63) is 29.3 Å². The molecular weight excluding hydrogens is 386 g/mol. The van der Waals surface area contributed by atoms with Gasteiger partial charge in [0.15, 0.2) is 0 Å². The summed E-state index contributed by atoms with van der Waals surface area (Å²) in [4.78, 5) is 46.1. The van der Waals surface area contributed by atoms with Gasteiger partial charge in [-0.2, -0.15) is 0 Å². The first-order valence-corrected chi connectivity index (χ1v) is 11.4. The minimum Gasteiger partial charge on any atom is -0.340 e. The molecular formula is C22H25N3O3S. The second kappa shape index (κ2) is 7.20. The van der Waals surface area contributed by atoms with Crippen molar-refractivity contribution in [3.63, 3.8) is 0 Å². The number of amides is 3. The van der Waals surface area contributed by atoms with Crippen LogP contribution in [0.25, 0.3) is 10.2 Å². The Morgan fingerprint density at radius 2 is 1.97 bits per heavy atom. The van der Waals surface area contributed by atoms with Crippen LogP contribution in [0.2, 0.25) is 0 Å². The lowest BCUT2D eigenvalue weighted by molar-refractivity contribution is -0.147. The second-order valence-electron chi connectivity index (χ2n) is 8.65. The number of nitrogens with zero attached hydrogens (tertiary/aromatic N) is 3. The van der Waals surface area contributed by atoms with Crippen molar-refractivity contribution < 1.29 is 14.4 Å². The van der Waals surface area contributed by atoms with Gasteiger partial charge in [0.1, 0.15) is 6.54 Å². The minimum absolute atomic E-state index is 0.105. The summed E-state index contributed by atoms with van der Waals surface area (Å²) in [6.45, 7) is 1.19. The quantitative estimate of drug-likeness (QED) is 0.727. The van der Waals surface area contributed by atoms with E-state index >= 15 is 0 Å². The van der Waals surface area contributed by atoms with E-state index in [-0.39, 0.29) is 36.6 Å². The van der Waals surface area contributed by atoms with Gasteiger partial charge >= 0.3 is 0 Å². The summed E-state index contributed by atoms with van der Waals surface area (Å²) < 4.78 is 1.17. The van der Waals surface area contributed by atoms with Crippen molar-refractivity contribution in [2.24, 2.45) is 5.41 Å². The van der Waals surface area contributed by atoms with Crippen LogP contribution in [0.3, 0.4) is 0 Å². The van der Waals surface area contributed by atoms with Crippen LogP contribution >= 0.6 is 11.3 Å². The van der Waals surface area contributed by atoms with Crippen LogP contribution in [-0.2, 0) is 14.4 Å². The molecule has 152 valence electrons. The summed E-state index contributed by atoms with van der Waals surface area (Å²) in [6.07, 6.45) is 5.77. The van der Waals surface area contributed by atoms with E-state index in [1.165, 1.54) is 9.60 Å². The molecule has 1 aromatic carbocycles. The Hall–Kier alpha value is -2.28. The standard InChI is InChI=1S/C22H25N3O3S/c26-18-12-22(9-3-4-10-22)21(28)25(18)14-19(27)24-11-5-6-15(13-24)20-23-16-7-1-2-8-17(16)29-20/h1-2,7-8,15H,3-6,9-14H2. The van der Waals surface area contributed by atoms with Crippen LogP contribution in [0, 0.1) is 5.41 Å². The molecule has 29 heavy (non-hydrogen) atoms. The number of hydrogen-bond donors (Lipinski definition) is 0. The molecule has 2 aliphatic heterocycles. The third-order valence-electron chi connectivity index (χ3n) is 6.78. The number of rotatable bonds is 3. The molecule has 1 unspecified atom stereocenters. The summed E-state index contributed by atoms with van der Waals surface area (Å²) in [6, 6.07) is 8.10. The fourth-order valence-corrected chi connectivity index (χ4v) is 6.26. The van der Waals surface area contributed by atoms with Gasteiger partial charge < -0.3 is 4.90 Å². The lowest BCUT2D eigenvalue weighted by atomic mass is 9.84. The molecule has 3 amide bonds. The maximum atomic E-state index is 13.0. The fraction of sp³-hybridized carbons (Fsp3) is 0.545. The zero-order chi connectivity index (χ0) is 20.0. The minimum atomic E-state index is -0.511. The number of benzene rings is 1. The first-order valence-electron chi connectivity index (χ1n) is 10.5. The predicted molar refractivity (Wildman–Crippen MR) is 110 cm³/mol. The van der Waals surface area contributed by atoms with E-state index in [2.05, 4.69) is 6.07 Å². The van der Waals surface area contributed by atoms with Gasteiger partial charge in [-0.3, -0.25) is 19.3 Å². The molecule has 1 atom stereocenters. The van der Waals surface area contributed by atoms with Crippen LogP contribution in [0.4, 0.5) is 0 Å². The Bertz CT molecular complexity index is 946. The zero-order valence-electron chi connectivity index (χ0n) is 16.4. The summed E-state index contributed by atoms with van der Waals surface area (Å²) in [7, 11) is 0. The van der Waals surface area contributed by atoms with Gasteiger partial charge in [0.05, 0.1) is 20.6 Å². The number of likely N-dealkylation sites (tertiary alicyclic amines) is 2. The van der Waals surface area contributed by atoms with Gasteiger partial charge in [-0.1, -0.05) is 25.0 Å². The number of piperidine rings is 1. The molecule has 2 saturated heterocycles. The van der Waals surface area contributed by atoms with E-state index in [0.29, 0.717) is 13.1 Å². The molecule has 1 spiro atoms. The number of fused-ring (bicyclic) bond motifs is 1. The van der Waals surface area contributed by atoms with Crippen LogP contribution < -0.4 is 0 Å². The number of aromatic nitrogens is 1. The summed E-state index contributed by atoms with van der Waals surface area (Å²) in [5.41, 5.74) is 0.495. The summed E-state index contributed by atoms with van der Waals surface area (Å²) in [5, 5.41) is 1.07. The lowest BCUT2D eigenvalue weighted by Gasteiger charge is -2.33. The summed E-state index contributed by atoms with van der Waals surface area (Å²) in [5.74, 6) is -0.193. The van der Waals surface area contributed by atoms with Crippen molar-refractivity contribution in [1.82, 2.24) is 14.8 Å². The number of hydrogen-bond acceptors (Lipinski definition) is 5. The van der Waals surface area contributed by atoms with E-state index in [1.54, 1.807) is 11.3 Å². The first kappa shape index (κ1) is 18.7. The average Bonchev–Trinajstić information content (AvgIpc) is 3.43. The maximum Gasteiger partial charge on any atom is 0.242 e. The molecule has 7 heteroatoms. The normalized spacial score (nSPS) is 24.2. The largest absolute Gasteiger partial charge is 0.340 e. The third-order valence-corrected chi connectivity index (χ3v) is 7.98. The van der Waals surface area contributed by atoms with Gasteiger partial charge in [-0.05, 0) is 37.8 Å². The smallest absolute Gasteiger partial charge is 0.242 e. The van der Waals surface area contributed by atoms with Crippen molar-refractivity contribution in [3.8, 4) is 0 Å². The molecule has 0 radical (unpaired) electrons. The lowest BCUT2D eigenvalue weighted by Crippen LogP contribution is -2.46. The fourth-order valence-electron chi connectivity index (χ4n) is 5.17. The molecule has 5 rings (SSSR count). The van der Waals surface area contributed by atoms with Crippen molar-refractivity contribution >= 4 is 39.3 Å². The van der Waals surface area contributed by atoms with Gasteiger partial charge in [-0.25, -0.2) is 4.98 Å². The molecule has 2 aromatic rings. The Labute approximate surface area is 173 Å². The summed E-state index contributed by atoms with van der Waals surface area (Å²) >= 11 is 1.70. The van der Waals surface area contributed by atoms with Crippen LogP contribution in [0.15, 0.2) is 24.3 Å². The Morgan fingerprint density at radius 3 is 2.76 bits per heavy atom. The number of imide groups is 1. The number of thiazole rings is 1. The Balaban J connectivity index is 1.27. The monoisotopic (exact) mass is 411 g/mol. The van der Waals surface area contributed by atoms with Gasteiger partial charge in [0.25, 0.3) is 0 Å². The molecule has 1 aromatic heterocycles. The maximum absolute atomic E-state index is 13.0. The van der Waals surface area contributed by atoms with Crippen molar-refractivity contribution in [1.29, 1.82) is 0 Å². The molecule has 3 heterocycles. The average molecular weight is 412 g/mol. The van der Waals surface area contributed by atoms with E-state index in [1.807, 2.05) is 23.1 Å². The number of carbonyl (C=O) groups excluding carboxylic acids is 3. The van der Waals surface area contributed by atoms with Gasteiger partial charge in [-0.15, -0.1) is 11.3 Å². The highest BCUT2D eigenvalue weighted by atomic mass is 32.1. The third kappa shape index (κ3) is 3.25. The van der Waals surface area contributed by atoms with Crippen LogP contribution in [0.5, 0.6) is 0 Å². The SMILES string of the molecule is O=C(CN1C(=O)CC2(CCCC2)C1=O)N1CCCC(c2nc3ccccc3s2)C1. The van der Waals surface area contributed by atoms with E-state index in [0.717, 1.165) is 49.0 Å². The van der Waals surface area contributed by atoms with E-state index in [4.69, 9.17) is 4.98 Å². The predicted octanol–water partition coefficient (Wildman–Crippen LogP) is 3.32. The molecule has 0 N–H and O–H groups in total. The molecule has 3 aliphatic rings. The van der Waals surface area contributed by atoms with Crippen LogP contribution in [-0.4, -0.2) is 52.1 Å². The Kier molecular flexibility index (Phi) is 4.65. The second-order valence-corrected chi connectivity index (χ2v) is 9.71. The van der Waals surface area contributed by atoms with Crippen LogP contribution in [0.1, 0.15) is 55.9 Å². The van der Waals surface area contributed by atoms with Crippen molar-refractivity contribution in [2.45, 2.75) is 50.9 Å². The highest BCUT2D eigenvalue weighted by Gasteiger charge is 2.53. The topological polar surface area (TPSA) is 70.6 Å². The number of carbonyl (C=O) groups is 3. The van der Waals surface area contributed by atoms with Crippen molar-refractivity contribution in [2.75, 3.05) is 19.6 Å². The molecule has 1 saturated carbocycles. The van der Waals surface area contributed by atoms with Gasteiger partial charge in [0.2, 0.25) is 17.7 Å².